The second-order valence-corrected chi connectivity index (χ2v) is 5.64. The number of esters is 1. The van der Waals surface area contributed by atoms with Crippen LogP contribution in [0.3, 0.4) is 0 Å². The molecule has 0 saturated heterocycles. The molecule has 0 N–H and O–H groups in total. The topological polar surface area (TPSA) is 35.5 Å². The third kappa shape index (κ3) is 1.63. The van der Waals surface area contributed by atoms with Crippen molar-refractivity contribution in [3.05, 3.63) is 64.7 Å². The molecule has 1 unspecified atom stereocenters. The Morgan fingerprint density at radius 1 is 1.14 bits per heavy atom. The van der Waals surface area contributed by atoms with E-state index in [1.54, 1.807) is 7.11 Å². The first-order valence-electron chi connectivity index (χ1n) is 7.25. The molecule has 2 aromatic rings. The number of benzene rings is 2. The van der Waals surface area contributed by atoms with E-state index in [2.05, 4.69) is 12.1 Å². The number of rotatable bonds is 1. The predicted octanol–water partition coefficient (Wildman–Crippen LogP) is 3.45. The average Bonchev–Trinajstić information content (AvgIpc) is 2.80. The largest absolute Gasteiger partial charge is 0.497 e. The molecule has 0 fully saturated rings. The van der Waals surface area contributed by atoms with Crippen LogP contribution in [0.5, 0.6) is 5.75 Å². The standard InChI is InChI=1S/C18H16O3/c1-20-13-8-9-14-16(11-13)18(21-17(14)19)10-4-6-12-5-2-3-7-15(12)18/h2-3,5,7-9,11H,4,6,10H2,1H3. The zero-order chi connectivity index (χ0) is 14.4. The van der Waals surface area contributed by atoms with Crippen LogP contribution in [0.4, 0.5) is 0 Å². The Balaban J connectivity index is 1.98. The highest BCUT2D eigenvalue weighted by Gasteiger charge is 2.49. The van der Waals surface area contributed by atoms with Gasteiger partial charge in [0, 0.05) is 11.1 Å². The van der Waals surface area contributed by atoms with Crippen LogP contribution in [0, 0.1) is 0 Å². The number of fused-ring (bicyclic) bond motifs is 4. The van der Waals surface area contributed by atoms with Crippen LogP contribution in [-0.4, -0.2) is 13.1 Å². The first-order valence-corrected chi connectivity index (χ1v) is 7.25. The van der Waals surface area contributed by atoms with Gasteiger partial charge >= 0.3 is 5.97 Å². The molecule has 1 spiro atoms. The minimum atomic E-state index is -0.629. The summed E-state index contributed by atoms with van der Waals surface area (Å²) < 4.78 is 11.2. The Kier molecular flexibility index (Phi) is 2.58. The summed E-state index contributed by atoms with van der Waals surface area (Å²) in [5.41, 5.74) is 3.37. The van der Waals surface area contributed by atoms with Crippen LogP contribution in [0.15, 0.2) is 42.5 Å². The first kappa shape index (κ1) is 12.5. The Hall–Kier alpha value is -2.29. The van der Waals surface area contributed by atoms with Crippen molar-refractivity contribution in [2.45, 2.75) is 24.9 Å². The number of carbonyl (C=O) groups excluding carboxylic acids is 1. The maximum absolute atomic E-state index is 12.3. The van der Waals surface area contributed by atoms with Crippen molar-refractivity contribution in [2.24, 2.45) is 0 Å². The van der Waals surface area contributed by atoms with Gasteiger partial charge in [0.15, 0.2) is 5.60 Å². The predicted molar refractivity (Wildman–Crippen MR) is 78.6 cm³/mol. The van der Waals surface area contributed by atoms with Crippen molar-refractivity contribution in [1.82, 2.24) is 0 Å². The van der Waals surface area contributed by atoms with Gasteiger partial charge in [0.05, 0.1) is 12.7 Å². The van der Waals surface area contributed by atoms with E-state index >= 15 is 0 Å². The SMILES string of the molecule is COc1ccc2c(c1)C1(CCCc3ccccc31)OC2=O. The van der Waals surface area contributed by atoms with Gasteiger partial charge in [-0.05, 0) is 43.0 Å². The number of hydrogen-bond acceptors (Lipinski definition) is 3. The van der Waals surface area contributed by atoms with Crippen molar-refractivity contribution in [3.63, 3.8) is 0 Å². The van der Waals surface area contributed by atoms with Gasteiger partial charge in [-0.2, -0.15) is 0 Å². The molecule has 0 aromatic heterocycles. The maximum Gasteiger partial charge on any atom is 0.339 e. The van der Waals surface area contributed by atoms with Gasteiger partial charge in [-0.25, -0.2) is 4.79 Å². The highest BCUT2D eigenvalue weighted by molar-refractivity contribution is 5.95. The van der Waals surface area contributed by atoms with Gasteiger partial charge in [-0.3, -0.25) is 0 Å². The molecule has 2 aromatic carbocycles. The molecule has 3 nitrogen and oxygen atoms in total. The van der Waals surface area contributed by atoms with Gasteiger partial charge in [0.25, 0.3) is 0 Å². The van der Waals surface area contributed by atoms with E-state index in [0.717, 1.165) is 36.1 Å². The van der Waals surface area contributed by atoms with Crippen LogP contribution < -0.4 is 4.74 Å². The number of ether oxygens (including phenoxy) is 2. The molecule has 0 radical (unpaired) electrons. The zero-order valence-electron chi connectivity index (χ0n) is 11.9. The van der Waals surface area contributed by atoms with Crippen molar-refractivity contribution in [1.29, 1.82) is 0 Å². The first-order chi connectivity index (χ1) is 10.2. The fourth-order valence-electron chi connectivity index (χ4n) is 3.61. The van der Waals surface area contributed by atoms with Gasteiger partial charge in [-0.1, -0.05) is 24.3 Å². The van der Waals surface area contributed by atoms with Crippen LogP contribution in [0.25, 0.3) is 0 Å². The van der Waals surface area contributed by atoms with Crippen molar-refractivity contribution < 1.29 is 14.3 Å². The summed E-state index contributed by atoms with van der Waals surface area (Å²) in [5, 5.41) is 0. The van der Waals surface area contributed by atoms with Crippen molar-refractivity contribution in [3.8, 4) is 5.75 Å². The summed E-state index contributed by atoms with van der Waals surface area (Å²) in [6, 6.07) is 13.8. The second kappa shape index (κ2) is 4.35. The third-order valence-corrected chi connectivity index (χ3v) is 4.58. The van der Waals surface area contributed by atoms with E-state index in [9.17, 15) is 4.79 Å². The summed E-state index contributed by atoms with van der Waals surface area (Å²) in [7, 11) is 1.64. The van der Waals surface area contributed by atoms with E-state index in [4.69, 9.17) is 9.47 Å². The summed E-state index contributed by atoms with van der Waals surface area (Å²) in [5.74, 6) is 0.527. The Labute approximate surface area is 123 Å². The van der Waals surface area contributed by atoms with Crippen LogP contribution in [0.1, 0.15) is 39.9 Å². The lowest BCUT2D eigenvalue weighted by atomic mass is 9.75. The molecule has 4 rings (SSSR count). The average molecular weight is 280 g/mol. The second-order valence-electron chi connectivity index (χ2n) is 5.64. The highest BCUT2D eigenvalue weighted by atomic mass is 16.6. The lowest BCUT2D eigenvalue weighted by Crippen LogP contribution is -2.32. The lowest BCUT2D eigenvalue weighted by Gasteiger charge is -2.35. The van der Waals surface area contributed by atoms with E-state index in [1.165, 1.54) is 5.56 Å². The normalized spacial score (nSPS) is 22.6. The summed E-state index contributed by atoms with van der Waals surface area (Å²) in [6.45, 7) is 0. The van der Waals surface area contributed by atoms with E-state index in [1.807, 2.05) is 30.3 Å². The number of hydrogen-bond donors (Lipinski definition) is 0. The van der Waals surface area contributed by atoms with Crippen molar-refractivity contribution >= 4 is 5.97 Å². The Bertz CT molecular complexity index is 735. The van der Waals surface area contributed by atoms with Gasteiger partial charge in [-0.15, -0.1) is 0 Å². The minimum Gasteiger partial charge on any atom is -0.497 e. The zero-order valence-corrected chi connectivity index (χ0v) is 11.9. The molecule has 3 heteroatoms. The maximum atomic E-state index is 12.3. The molecular formula is C18H16O3. The molecule has 1 heterocycles. The number of methoxy groups -OCH3 is 1. The smallest absolute Gasteiger partial charge is 0.339 e. The van der Waals surface area contributed by atoms with Crippen LogP contribution in [-0.2, 0) is 16.8 Å². The molecule has 1 aliphatic carbocycles. The summed E-state index contributed by atoms with van der Waals surface area (Å²) >= 11 is 0. The summed E-state index contributed by atoms with van der Waals surface area (Å²) in [4.78, 5) is 12.3. The quantitative estimate of drug-likeness (QED) is 0.751. The Morgan fingerprint density at radius 3 is 2.86 bits per heavy atom. The molecule has 106 valence electrons. The number of carbonyl (C=O) groups is 1. The van der Waals surface area contributed by atoms with E-state index in [-0.39, 0.29) is 5.97 Å². The summed E-state index contributed by atoms with van der Waals surface area (Å²) in [6.07, 6.45) is 2.88. The van der Waals surface area contributed by atoms with Gasteiger partial charge in [0.2, 0.25) is 0 Å². The third-order valence-electron chi connectivity index (χ3n) is 4.58. The molecule has 2 aliphatic rings. The fourth-order valence-corrected chi connectivity index (χ4v) is 3.61. The Morgan fingerprint density at radius 2 is 2.00 bits per heavy atom. The minimum absolute atomic E-state index is 0.232. The van der Waals surface area contributed by atoms with Crippen LogP contribution in [0.2, 0.25) is 0 Å². The van der Waals surface area contributed by atoms with Gasteiger partial charge < -0.3 is 9.47 Å². The van der Waals surface area contributed by atoms with Crippen molar-refractivity contribution in [2.75, 3.05) is 7.11 Å². The molecule has 0 bridgehead atoms. The molecular weight excluding hydrogens is 264 g/mol. The molecule has 0 saturated carbocycles. The van der Waals surface area contributed by atoms with E-state index < -0.39 is 5.60 Å². The molecule has 0 amide bonds. The molecule has 1 aliphatic heterocycles. The monoisotopic (exact) mass is 280 g/mol. The van der Waals surface area contributed by atoms with E-state index in [0.29, 0.717) is 5.56 Å². The molecule has 1 atom stereocenters. The fraction of sp³-hybridized carbons (Fsp3) is 0.278. The van der Waals surface area contributed by atoms with Crippen LogP contribution >= 0.6 is 0 Å². The lowest BCUT2D eigenvalue weighted by molar-refractivity contribution is 0.00370. The molecule has 21 heavy (non-hydrogen) atoms. The highest BCUT2D eigenvalue weighted by Crippen LogP contribution is 2.49. The number of aryl methyl sites for hydroxylation is 1. The van der Waals surface area contributed by atoms with Gasteiger partial charge in [0.1, 0.15) is 5.75 Å².